The van der Waals surface area contributed by atoms with Crippen LogP contribution in [0.4, 0.5) is 0 Å². The summed E-state index contributed by atoms with van der Waals surface area (Å²) in [6.07, 6.45) is 0.142. The fraction of sp³-hybridized carbons (Fsp3) is 0.391. The maximum absolute atomic E-state index is 12.7. The van der Waals surface area contributed by atoms with Crippen molar-refractivity contribution in [3.8, 4) is 17.2 Å². The molecule has 30 heavy (non-hydrogen) atoms. The van der Waals surface area contributed by atoms with E-state index in [1.165, 1.54) is 6.92 Å². The van der Waals surface area contributed by atoms with Crippen molar-refractivity contribution in [3.63, 3.8) is 0 Å². The Balaban J connectivity index is 1.63. The second-order valence-corrected chi connectivity index (χ2v) is 7.96. The Bertz CT molecular complexity index is 908. The number of amides is 2. The lowest BCUT2D eigenvalue weighted by Gasteiger charge is -2.26. The van der Waals surface area contributed by atoms with E-state index in [1.807, 2.05) is 42.5 Å². The first-order valence-electron chi connectivity index (χ1n) is 9.86. The summed E-state index contributed by atoms with van der Waals surface area (Å²) in [6.45, 7) is 6.23. The van der Waals surface area contributed by atoms with E-state index in [1.54, 1.807) is 7.11 Å². The van der Waals surface area contributed by atoms with Crippen LogP contribution >= 0.6 is 0 Å². The van der Waals surface area contributed by atoms with Crippen LogP contribution in [0.1, 0.15) is 44.4 Å². The van der Waals surface area contributed by atoms with Gasteiger partial charge >= 0.3 is 0 Å². The predicted molar refractivity (Wildman–Crippen MR) is 113 cm³/mol. The molecule has 1 aliphatic rings. The molecule has 2 amide bonds. The molecule has 3 rings (SSSR count). The first-order valence-corrected chi connectivity index (χ1v) is 9.86. The van der Waals surface area contributed by atoms with Gasteiger partial charge in [0, 0.05) is 18.9 Å². The fourth-order valence-corrected chi connectivity index (χ4v) is 3.33. The molecule has 2 aromatic rings. The second-order valence-electron chi connectivity index (χ2n) is 7.96. The second kappa shape index (κ2) is 9.07. The molecule has 0 saturated carbocycles. The molecule has 7 nitrogen and oxygen atoms in total. The number of methoxy groups -OCH3 is 1. The van der Waals surface area contributed by atoms with Crippen LogP contribution in [-0.2, 0) is 15.0 Å². The summed E-state index contributed by atoms with van der Waals surface area (Å²) >= 11 is 0. The van der Waals surface area contributed by atoms with E-state index in [2.05, 4.69) is 24.5 Å². The summed E-state index contributed by atoms with van der Waals surface area (Å²) in [5, 5.41) is 5.85. The van der Waals surface area contributed by atoms with Gasteiger partial charge in [-0.05, 0) is 35.4 Å². The van der Waals surface area contributed by atoms with E-state index >= 15 is 0 Å². The molecule has 1 aliphatic heterocycles. The van der Waals surface area contributed by atoms with Crippen LogP contribution < -0.4 is 24.8 Å². The summed E-state index contributed by atoms with van der Waals surface area (Å²) in [5.41, 5.74) is 1.58. The highest BCUT2D eigenvalue weighted by Gasteiger charge is 2.25. The molecule has 2 aromatic carbocycles. The summed E-state index contributed by atoms with van der Waals surface area (Å²) in [5.74, 6) is 1.84. The topological polar surface area (TPSA) is 85.9 Å². The third-order valence-corrected chi connectivity index (χ3v) is 5.17. The van der Waals surface area contributed by atoms with Gasteiger partial charge in [0.25, 0.3) is 0 Å². The van der Waals surface area contributed by atoms with Crippen molar-refractivity contribution in [2.45, 2.75) is 38.6 Å². The number of benzene rings is 2. The van der Waals surface area contributed by atoms with E-state index in [4.69, 9.17) is 14.2 Å². The van der Waals surface area contributed by atoms with E-state index in [0.717, 1.165) is 28.4 Å². The first kappa shape index (κ1) is 21.5. The number of rotatable bonds is 8. The highest BCUT2D eigenvalue weighted by atomic mass is 16.7. The van der Waals surface area contributed by atoms with Gasteiger partial charge in [0.05, 0.1) is 19.6 Å². The van der Waals surface area contributed by atoms with Gasteiger partial charge in [-0.3, -0.25) is 9.59 Å². The normalized spacial score (nSPS) is 13.5. The first-order chi connectivity index (χ1) is 14.3. The highest BCUT2D eigenvalue weighted by Crippen LogP contribution is 2.36. The Morgan fingerprint density at radius 1 is 1.10 bits per heavy atom. The summed E-state index contributed by atoms with van der Waals surface area (Å²) in [4.78, 5) is 24.3. The molecule has 0 saturated heterocycles. The molecule has 0 spiro atoms. The molecule has 0 fully saturated rings. The molecule has 0 aliphatic carbocycles. The number of hydrogen-bond donors (Lipinski definition) is 2. The Kier molecular flexibility index (Phi) is 6.50. The van der Waals surface area contributed by atoms with Crippen LogP contribution in [0.5, 0.6) is 17.2 Å². The van der Waals surface area contributed by atoms with Gasteiger partial charge in [-0.25, -0.2) is 0 Å². The van der Waals surface area contributed by atoms with Crippen molar-refractivity contribution in [1.29, 1.82) is 0 Å². The molecular weight excluding hydrogens is 384 g/mol. The lowest BCUT2D eigenvalue weighted by atomic mass is 9.84. The van der Waals surface area contributed by atoms with Crippen LogP contribution in [0.3, 0.4) is 0 Å². The van der Waals surface area contributed by atoms with Crippen molar-refractivity contribution in [3.05, 3.63) is 53.6 Å². The zero-order valence-corrected chi connectivity index (χ0v) is 17.8. The molecule has 0 bridgehead atoms. The number of carbonyl (C=O) groups excluding carboxylic acids is 2. The van der Waals surface area contributed by atoms with E-state index in [-0.39, 0.29) is 30.4 Å². The predicted octanol–water partition coefficient (Wildman–Crippen LogP) is 3.09. The molecule has 1 heterocycles. The van der Waals surface area contributed by atoms with Crippen molar-refractivity contribution in [1.82, 2.24) is 10.6 Å². The molecular formula is C23H28N2O5. The zero-order valence-electron chi connectivity index (χ0n) is 17.8. The number of ether oxygens (including phenoxy) is 3. The van der Waals surface area contributed by atoms with Crippen molar-refractivity contribution in [2.24, 2.45) is 0 Å². The van der Waals surface area contributed by atoms with Crippen molar-refractivity contribution < 1.29 is 23.8 Å². The lowest BCUT2D eigenvalue weighted by Crippen LogP contribution is -2.39. The Hall–Kier alpha value is -3.22. The molecule has 1 unspecified atom stereocenters. The van der Waals surface area contributed by atoms with Gasteiger partial charge in [-0.2, -0.15) is 0 Å². The average Bonchev–Trinajstić information content (AvgIpc) is 3.19. The minimum Gasteiger partial charge on any atom is -0.497 e. The van der Waals surface area contributed by atoms with Crippen LogP contribution in [0.15, 0.2) is 42.5 Å². The Morgan fingerprint density at radius 3 is 2.47 bits per heavy atom. The van der Waals surface area contributed by atoms with Crippen molar-refractivity contribution in [2.75, 3.05) is 20.4 Å². The van der Waals surface area contributed by atoms with Crippen LogP contribution in [0.25, 0.3) is 0 Å². The van der Waals surface area contributed by atoms with Gasteiger partial charge in [-0.15, -0.1) is 0 Å². The van der Waals surface area contributed by atoms with Crippen LogP contribution in [0.2, 0.25) is 0 Å². The molecule has 2 N–H and O–H groups in total. The largest absolute Gasteiger partial charge is 0.497 e. The van der Waals surface area contributed by atoms with Gasteiger partial charge < -0.3 is 24.8 Å². The van der Waals surface area contributed by atoms with Crippen LogP contribution in [-0.4, -0.2) is 32.3 Å². The minimum atomic E-state index is -0.415. The summed E-state index contributed by atoms with van der Waals surface area (Å²) < 4.78 is 16.0. The lowest BCUT2D eigenvalue weighted by molar-refractivity contribution is -0.123. The minimum absolute atomic E-state index is 0.140. The van der Waals surface area contributed by atoms with Crippen LogP contribution in [0, 0.1) is 0 Å². The number of carbonyl (C=O) groups is 2. The maximum Gasteiger partial charge on any atom is 0.231 e. The summed E-state index contributed by atoms with van der Waals surface area (Å²) in [7, 11) is 1.59. The smallest absolute Gasteiger partial charge is 0.231 e. The van der Waals surface area contributed by atoms with Gasteiger partial charge in [0.2, 0.25) is 18.6 Å². The average molecular weight is 412 g/mol. The van der Waals surface area contributed by atoms with E-state index in [9.17, 15) is 9.59 Å². The maximum atomic E-state index is 12.7. The third-order valence-electron chi connectivity index (χ3n) is 5.17. The monoisotopic (exact) mass is 412 g/mol. The third kappa shape index (κ3) is 5.23. The molecule has 0 radical (unpaired) electrons. The number of nitrogens with one attached hydrogen (secondary N) is 2. The van der Waals surface area contributed by atoms with Gasteiger partial charge in [0.15, 0.2) is 11.5 Å². The Morgan fingerprint density at radius 2 is 1.80 bits per heavy atom. The standard InChI is InChI=1S/C23H28N2O5/c1-15(26)25-19(16-5-8-18(28-4)9-6-16)12-22(27)24-13-23(2,3)17-7-10-20-21(11-17)30-14-29-20/h5-11,19H,12-14H2,1-4H3,(H,24,27)(H,25,26). The van der Waals surface area contributed by atoms with Crippen molar-refractivity contribution >= 4 is 11.8 Å². The molecule has 0 aromatic heterocycles. The molecule has 7 heteroatoms. The van der Waals surface area contributed by atoms with Gasteiger partial charge in [0.1, 0.15) is 5.75 Å². The number of fused-ring (bicyclic) bond motifs is 1. The Labute approximate surface area is 176 Å². The summed E-state index contributed by atoms with van der Waals surface area (Å²) in [6, 6.07) is 12.7. The quantitative estimate of drug-likeness (QED) is 0.696. The van der Waals surface area contributed by atoms with Gasteiger partial charge in [-0.1, -0.05) is 32.0 Å². The molecule has 160 valence electrons. The fourth-order valence-electron chi connectivity index (χ4n) is 3.33. The highest BCUT2D eigenvalue weighted by molar-refractivity contribution is 5.79. The number of hydrogen-bond acceptors (Lipinski definition) is 5. The van der Waals surface area contributed by atoms with E-state index < -0.39 is 6.04 Å². The SMILES string of the molecule is COc1ccc(C(CC(=O)NCC(C)(C)c2ccc3c(c2)OCO3)NC(C)=O)cc1. The van der Waals surface area contributed by atoms with E-state index in [0.29, 0.717) is 6.54 Å². The zero-order chi connectivity index (χ0) is 21.7. The molecule has 1 atom stereocenters.